The summed E-state index contributed by atoms with van der Waals surface area (Å²) < 4.78 is 4.82. The number of esters is 1. The lowest BCUT2D eigenvalue weighted by Gasteiger charge is -2.17. The third kappa shape index (κ3) is 3.07. The number of hydrogen-bond donors (Lipinski definition) is 1. The second-order valence-electron chi connectivity index (χ2n) is 5.38. The Hall–Kier alpha value is -2.29. The van der Waals surface area contributed by atoms with Crippen molar-refractivity contribution >= 4 is 11.7 Å². The first kappa shape index (κ1) is 15.1. The van der Waals surface area contributed by atoms with Gasteiger partial charge in [-0.3, -0.25) is 4.79 Å². The molecule has 0 amide bonds. The minimum atomic E-state index is -0.253. The van der Waals surface area contributed by atoms with Gasteiger partial charge in [-0.25, -0.2) is 0 Å². The molecule has 0 bridgehead atoms. The second-order valence-corrected chi connectivity index (χ2v) is 5.38. The van der Waals surface area contributed by atoms with Gasteiger partial charge in [-0.05, 0) is 54.7 Å². The van der Waals surface area contributed by atoms with E-state index in [1.54, 1.807) is 0 Å². The van der Waals surface area contributed by atoms with Crippen LogP contribution in [0.2, 0.25) is 0 Å². The molecule has 0 aromatic heterocycles. The Balaban J connectivity index is 2.65. The molecule has 0 aliphatic carbocycles. The number of anilines is 1. The number of benzene rings is 2. The van der Waals surface area contributed by atoms with E-state index in [9.17, 15) is 4.79 Å². The number of nitrogen functional groups attached to an aromatic ring is 1. The van der Waals surface area contributed by atoms with Gasteiger partial charge in [-0.1, -0.05) is 29.8 Å². The molecular weight excluding hydrogens is 262 g/mol. The predicted molar refractivity (Wildman–Crippen MR) is 86.2 cm³/mol. The molecule has 0 radical (unpaired) electrons. The van der Waals surface area contributed by atoms with Gasteiger partial charge in [0, 0.05) is 5.69 Å². The summed E-state index contributed by atoms with van der Waals surface area (Å²) in [6, 6.07) is 10.3. The van der Waals surface area contributed by atoms with Crippen LogP contribution in [0.5, 0.6) is 0 Å². The molecule has 0 spiro atoms. The van der Waals surface area contributed by atoms with Crippen LogP contribution in [0.4, 0.5) is 5.69 Å². The SMILES string of the molecule is COC(=O)Cc1c(C)c(N)cc(C)c1-c1ccc(C)cc1. The Morgan fingerprint density at radius 3 is 2.33 bits per heavy atom. The van der Waals surface area contributed by atoms with E-state index in [4.69, 9.17) is 10.5 Å². The maximum absolute atomic E-state index is 11.7. The molecule has 110 valence electrons. The molecule has 0 aliphatic rings. The van der Waals surface area contributed by atoms with Crippen LogP contribution in [0.3, 0.4) is 0 Å². The minimum Gasteiger partial charge on any atom is -0.469 e. The summed E-state index contributed by atoms with van der Waals surface area (Å²) in [5, 5.41) is 0. The highest BCUT2D eigenvalue weighted by molar-refractivity contribution is 5.82. The van der Waals surface area contributed by atoms with Crippen LogP contribution in [-0.4, -0.2) is 13.1 Å². The Labute approximate surface area is 125 Å². The van der Waals surface area contributed by atoms with Gasteiger partial charge < -0.3 is 10.5 Å². The van der Waals surface area contributed by atoms with E-state index in [1.165, 1.54) is 12.7 Å². The van der Waals surface area contributed by atoms with Crippen molar-refractivity contribution < 1.29 is 9.53 Å². The Morgan fingerprint density at radius 2 is 1.76 bits per heavy atom. The molecule has 3 nitrogen and oxygen atoms in total. The fourth-order valence-electron chi connectivity index (χ4n) is 2.57. The monoisotopic (exact) mass is 283 g/mol. The molecule has 21 heavy (non-hydrogen) atoms. The molecule has 0 fully saturated rings. The molecule has 2 N–H and O–H groups in total. The molecule has 0 saturated carbocycles. The second kappa shape index (κ2) is 6.00. The summed E-state index contributed by atoms with van der Waals surface area (Å²) in [7, 11) is 1.41. The Kier molecular flexibility index (Phi) is 4.32. The number of methoxy groups -OCH3 is 1. The zero-order valence-corrected chi connectivity index (χ0v) is 13.0. The summed E-state index contributed by atoms with van der Waals surface area (Å²) in [6.07, 6.45) is 0.234. The van der Waals surface area contributed by atoms with E-state index >= 15 is 0 Å². The van der Waals surface area contributed by atoms with Crippen molar-refractivity contribution in [3.05, 3.63) is 52.6 Å². The van der Waals surface area contributed by atoms with Gasteiger partial charge in [0.1, 0.15) is 0 Å². The standard InChI is InChI=1S/C18H21NO2/c1-11-5-7-14(8-6-11)18-12(2)9-16(19)13(3)15(18)10-17(20)21-4/h5-9H,10,19H2,1-4H3. The normalized spacial score (nSPS) is 10.5. The van der Waals surface area contributed by atoms with Gasteiger partial charge in [0.2, 0.25) is 0 Å². The van der Waals surface area contributed by atoms with E-state index in [1.807, 2.05) is 19.9 Å². The van der Waals surface area contributed by atoms with Crippen molar-refractivity contribution in [3.63, 3.8) is 0 Å². The van der Waals surface area contributed by atoms with Gasteiger partial charge in [-0.2, -0.15) is 0 Å². The van der Waals surface area contributed by atoms with Gasteiger partial charge in [0.25, 0.3) is 0 Å². The van der Waals surface area contributed by atoms with E-state index in [0.29, 0.717) is 5.69 Å². The summed E-state index contributed by atoms with van der Waals surface area (Å²) >= 11 is 0. The Morgan fingerprint density at radius 1 is 1.14 bits per heavy atom. The first-order chi connectivity index (χ1) is 9.93. The average molecular weight is 283 g/mol. The number of carbonyl (C=O) groups excluding carboxylic acids is 1. The summed E-state index contributed by atoms with van der Waals surface area (Å²) in [5.41, 5.74) is 13.1. The summed E-state index contributed by atoms with van der Waals surface area (Å²) in [6.45, 7) is 6.02. The van der Waals surface area contributed by atoms with E-state index < -0.39 is 0 Å². The third-order valence-corrected chi connectivity index (χ3v) is 3.84. The quantitative estimate of drug-likeness (QED) is 0.692. The lowest BCUT2D eigenvalue weighted by atomic mass is 9.89. The number of hydrogen-bond acceptors (Lipinski definition) is 3. The highest BCUT2D eigenvalue weighted by Gasteiger charge is 2.17. The lowest BCUT2D eigenvalue weighted by Crippen LogP contribution is -2.09. The van der Waals surface area contributed by atoms with Gasteiger partial charge in [0.05, 0.1) is 13.5 Å². The summed E-state index contributed by atoms with van der Waals surface area (Å²) in [4.78, 5) is 11.7. The van der Waals surface area contributed by atoms with Crippen molar-refractivity contribution in [2.45, 2.75) is 27.2 Å². The Bertz CT molecular complexity index is 673. The molecule has 0 aliphatic heterocycles. The van der Waals surface area contributed by atoms with E-state index in [-0.39, 0.29) is 12.4 Å². The fraction of sp³-hybridized carbons (Fsp3) is 0.278. The van der Waals surface area contributed by atoms with Crippen LogP contribution in [0.25, 0.3) is 11.1 Å². The molecule has 3 heteroatoms. The third-order valence-electron chi connectivity index (χ3n) is 3.84. The number of carbonyl (C=O) groups is 1. The van der Waals surface area contributed by atoms with E-state index in [0.717, 1.165) is 27.8 Å². The molecular formula is C18H21NO2. The van der Waals surface area contributed by atoms with Crippen molar-refractivity contribution in [1.82, 2.24) is 0 Å². The molecule has 0 saturated heterocycles. The van der Waals surface area contributed by atoms with Gasteiger partial charge in [-0.15, -0.1) is 0 Å². The van der Waals surface area contributed by atoms with Crippen LogP contribution >= 0.6 is 0 Å². The highest BCUT2D eigenvalue weighted by atomic mass is 16.5. The number of nitrogens with two attached hydrogens (primary N) is 1. The average Bonchev–Trinajstić information content (AvgIpc) is 2.46. The molecule has 2 aromatic rings. The minimum absolute atomic E-state index is 0.234. The van der Waals surface area contributed by atoms with Crippen molar-refractivity contribution in [1.29, 1.82) is 0 Å². The van der Waals surface area contributed by atoms with Gasteiger partial charge in [0.15, 0.2) is 0 Å². The number of ether oxygens (including phenoxy) is 1. The maximum Gasteiger partial charge on any atom is 0.310 e. The number of rotatable bonds is 3. The maximum atomic E-state index is 11.7. The summed E-state index contributed by atoms with van der Waals surface area (Å²) in [5.74, 6) is -0.253. The fourth-order valence-corrected chi connectivity index (χ4v) is 2.57. The molecule has 0 unspecified atom stereocenters. The molecule has 2 aromatic carbocycles. The zero-order chi connectivity index (χ0) is 15.6. The molecule has 0 heterocycles. The largest absolute Gasteiger partial charge is 0.469 e. The zero-order valence-electron chi connectivity index (χ0n) is 13.0. The van der Waals surface area contributed by atoms with Crippen LogP contribution in [0.15, 0.2) is 30.3 Å². The first-order valence-corrected chi connectivity index (χ1v) is 6.96. The topological polar surface area (TPSA) is 52.3 Å². The van der Waals surface area contributed by atoms with Crippen molar-refractivity contribution in [2.75, 3.05) is 12.8 Å². The van der Waals surface area contributed by atoms with Crippen LogP contribution in [0.1, 0.15) is 22.3 Å². The highest BCUT2D eigenvalue weighted by Crippen LogP contribution is 2.33. The van der Waals surface area contributed by atoms with Crippen LogP contribution < -0.4 is 5.73 Å². The number of aryl methyl sites for hydroxylation is 2. The van der Waals surface area contributed by atoms with Crippen LogP contribution in [0, 0.1) is 20.8 Å². The predicted octanol–water partition coefficient (Wildman–Crippen LogP) is 3.58. The van der Waals surface area contributed by atoms with Crippen molar-refractivity contribution in [3.8, 4) is 11.1 Å². The molecule has 0 atom stereocenters. The van der Waals surface area contributed by atoms with E-state index in [2.05, 4.69) is 31.2 Å². The van der Waals surface area contributed by atoms with Crippen molar-refractivity contribution in [2.24, 2.45) is 0 Å². The van der Waals surface area contributed by atoms with Gasteiger partial charge >= 0.3 is 5.97 Å². The van der Waals surface area contributed by atoms with Crippen LogP contribution in [-0.2, 0) is 16.0 Å². The lowest BCUT2D eigenvalue weighted by molar-refractivity contribution is -0.139. The smallest absolute Gasteiger partial charge is 0.310 e. The molecule has 2 rings (SSSR count). The first-order valence-electron chi connectivity index (χ1n) is 6.96.